The normalized spacial score (nSPS) is 14.7. The maximum atomic E-state index is 12.5. The van der Waals surface area contributed by atoms with Crippen LogP contribution in [0.3, 0.4) is 0 Å². The van der Waals surface area contributed by atoms with E-state index >= 15 is 0 Å². The van der Waals surface area contributed by atoms with Crippen LogP contribution in [0.15, 0.2) is 42.5 Å². The average molecular weight is 437 g/mol. The highest BCUT2D eigenvalue weighted by Gasteiger charge is 2.20. The van der Waals surface area contributed by atoms with Gasteiger partial charge in [0, 0.05) is 39.1 Å². The lowest BCUT2D eigenvalue weighted by molar-refractivity contribution is -0.132. The Balaban J connectivity index is 1.37. The maximum absolute atomic E-state index is 12.5. The minimum absolute atomic E-state index is 0.184. The van der Waals surface area contributed by atoms with Gasteiger partial charge in [-0.05, 0) is 36.2 Å². The molecule has 1 amide bonds. The van der Waals surface area contributed by atoms with Gasteiger partial charge in [-0.2, -0.15) is 0 Å². The smallest absolute Gasteiger partial charge is 0.222 e. The van der Waals surface area contributed by atoms with Gasteiger partial charge < -0.3 is 14.4 Å². The summed E-state index contributed by atoms with van der Waals surface area (Å²) in [5, 5.41) is 1.20. The molecule has 2 aromatic rings. The predicted octanol–water partition coefficient (Wildman–Crippen LogP) is 4.16. The summed E-state index contributed by atoms with van der Waals surface area (Å²) in [4.78, 5) is 16.8. The molecule has 1 aliphatic rings. The van der Waals surface area contributed by atoms with E-state index in [2.05, 4.69) is 4.90 Å². The molecule has 2 aromatic carbocycles. The molecule has 1 aliphatic heterocycles. The number of carbonyl (C=O) groups excluding carboxylic acids is 1. The van der Waals surface area contributed by atoms with Gasteiger partial charge in [0.2, 0.25) is 5.91 Å². The van der Waals surface area contributed by atoms with E-state index in [4.69, 9.17) is 32.7 Å². The summed E-state index contributed by atoms with van der Waals surface area (Å²) >= 11 is 12.3. The summed E-state index contributed by atoms with van der Waals surface area (Å²) in [7, 11) is 1.59. The first kappa shape index (κ1) is 21.8. The largest absolute Gasteiger partial charge is 0.495 e. The molecule has 1 fully saturated rings. The van der Waals surface area contributed by atoms with Gasteiger partial charge in [0.1, 0.15) is 18.1 Å². The Kier molecular flexibility index (Phi) is 8.04. The molecule has 1 heterocycles. The Morgan fingerprint density at radius 1 is 1.00 bits per heavy atom. The molecule has 3 rings (SSSR count). The highest BCUT2D eigenvalue weighted by atomic mass is 35.5. The van der Waals surface area contributed by atoms with Crippen molar-refractivity contribution in [2.45, 2.75) is 12.8 Å². The Morgan fingerprint density at radius 2 is 1.76 bits per heavy atom. The van der Waals surface area contributed by atoms with Gasteiger partial charge in [-0.1, -0.05) is 41.4 Å². The van der Waals surface area contributed by atoms with Gasteiger partial charge in [0.25, 0.3) is 0 Å². The van der Waals surface area contributed by atoms with Crippen molar-refractivity contribution in [1.29, 1.82) is 0 Å². The zero-order valence-electron chi connectivity index (χ0n) is 16.6. The highest BCUT2D eigenvalue weighted by molar-refractivity contribution is 6.32. The number of hydrogen-bond donors (Lipinski definition) is 0. The fraction of sp³-hybridized carbons (Fsp3) is 0.409. The number of benzene rings is 2. The first-order chi connectivity index (χ1) is 14.1. The lowest BCUT2D eigenvalue weighted by Crippen LogP contribution is -2.49. The fourth-order valence-corrected chi connectivity index (χ4v) is 3.81. The topological polar surface area (TPSA) is 42.0 Å². The molecule has 0 atom stereocenters. The van der Waals surface area contributed by atoms with Gasteiger partial charge in [-0.15, -0.1) is 0 Å². The van der Waals surface area contributed by atoms with Crippen molar-refractivity contribution in [3.63, 3.8) is 0 Å². The number of amides is 1. The van der Waals surface area contributed by atoms with E-state index in [0.717, 1.165) is 38.3 Å². The second-order valence-electron chi connectivity index (χ2n) is 6.97. The summed E-state index contributed by atoms with van der Waals surface area (Å²) in [5.41, 5.74) is 1.04. The number of halogens is 2. The number of piperazine rings is 1. The molecule has 0 radical (unpaired) electrons. The van der Waals surface area contributed by atoms with Crippen LogP contribution in [0.5, 0.6) is 11.5 Å². The van der Waals surface area contributed by atoms with E-state index in [0.29, 0.717) is 41.0 Å². The van der Waals surface area contributed by atoms with E-state index in [1.54, 1.807) is 7.11 Å². The van der Waals surface area contributed by atoms with Gasteiger partial charge >= 0.3 is 0 Å². The van der Waals surface area contributed by atoms with Crippen molar-refractivity contribution in [3.8, 4) is 11.5 Å². The first-order valence-corrected chi connectivity index (χ1v) is 10.5. The molecule has 0 aromatic heterocycles. The number of hydrogen-bond acceptors (Lipinski definition) is 4. The molecule has 0 unspecified atom stereocenters. The van der Waals surface area contributed by atoms with Gasteiger partial charge in [-0.3, -0.25) is 9.69 Å². The molecule has 0 saturated carbocycles. The molecule has 0 bridgehead atoms. The fourth-order valence-electron chi connectivity index (χ4n) is 3.34. The van der Waals surface area contributed by atoms with Crippen LogP contribution >= 0.6 is 23.2 Å². The van der Waals surface area contributed by atoms with Crippen molar-refractivity contribution in [2.75, 3.05) is 46.4 Å². The van der Waals surface area contributed by atoms with E-state index in [1.165, 1.54) is 0 Å². The van der Waals surface area contributed by atoms with Crippen LogP contribution in [0.4, 0.5) is 0 Å². The monoisotopic (exact) mass is 436 g/mol. The second-order valence-corrected chi connectivity index (χ2v) is 7.78. The number of carbonyl (C=O) groups is 1. The van der Waals surface area contributed by atoms with Gasteiger partial charge in [0.15, 0.2) is 0 Å². The van der Waals surface area contributed by atoms with Crippen LogP contribution in [0.1, 0.15) is 12.0 Å². The SMILES string of the molecule is COc1ccc(CCC(=O)N2CCN(CCOc3ccccc3Cl)CC2)cc1Cl. The van der Waals surface area contributed by atoms with Crippen molar-refractivity contribution >= 4 is 29.1 Å². The summed E-state index contributed by atoms with van der Waals surface area (Å²) in [6, 6.07) is 13.1. The molecule has 0 spiro atoms. The molecule has 0 N–H and O–H groups in total. The first-order valence-electron chi connectivity index (χ1n) is 9.76. The van der Waals surface area contributed by atoms with Crippen molar-refractivity contribution in [3.05, 3.63) is 58.1 Å². The minimum Gasteiger partial charge on any atom is -0.495 e. The van der Waals surface area contributed by atoms with Gasteiger partial charge in [-0.25, -0.2) is 0 Å². The van der Waals surface area contributed by atoms with E-state index in [9.17, 15) is 4.79 Å². The number of nitrogens with zero attached hydrogens (tertiary/aromatic N) is 2. The van der Waals surface area contributed by atoms with Gasteiger partial charge in [0.05, 0.1) is 17.2 Å². The lowest BCUT2D eigenvalue weighted by Gasteiger charge is -2.34. The summed E-state index contributed by atoms with van der Waals surface area (Å²) < 4.78 is 10.9. The number of methoxy groups -OCH3 is 1. The van der Waals surface area contributed by atoms with Crippen LogP contribution in [-0.2, 0) is 11.2 Å². The summed E-state index contributed by atoms with van der Waals surface area (Å²) in [6.07, 6.45) is 1.16. The van der Waals surface area contributed by atoms with Crippen LogP contribution in [0, 0.1) is 0 Å². The molecule has 7 heteroatoms. The molecule has 156 valence electrons. The van der Waals surface area contributed by atoms with Crippen LogP contribution in [0.25, 0.3) is 0 Å². The Labute approximate surface area is 182 Å². The average Bonchev–Trinajstić information content (AvgIpc) is 2.74. The lowest BCUT2D eigenvalue weighted by atomic mass is 10.1. The molecule has 0 aliphatic carbocycles. The number of rotatable bonds is 8. The third kappa shape index (κ3) is 6.26. The highest BCUT2D eigenvalue weighted by Crippen LogP contribution is 2.25. The summed E-state index contributed by atoms with van der Waals surface area (Å²) in [5.74, 6) is 1.54. The van der Waals surface area contributed by atoms with Crippen LogP contribution in [0.2, 0.25) is 10.0 Å². The van der Waals surface area contributed by atoms with Crippen LogP contribution < -0.4 is 9.47 Å². The standard InChI is InChI=1S/C22H26Cl2N2O3/c1-28-20-8-6-17(16-19(20)24)7-9-22(27)26-12-10-25(11-13-26)14-15-29-21-5-3-2-4-18(21)23/h2-6,8,16H,7,9-15H2,1H3. The molecular weight excluding hydrogens is 411 g/mol. The van der Waals surface area contributed by atoms with E-state index < -0.39 is 0 Å². The Bertz CT molecular complexity index is 823. The van der Waals surface area contributed by atoms with Crippen LogP contribution in [-0.4, -0.2) is 62.1 Å². The number of ether oxygens (including phenoxy) is 2. The number of aryl methyl sites for hydroxylation is 1. The minimum atomic E-state index is 0.184. The van der Waals surface area contributed by atoms with E-state index in [1.807, 2.05) is 47.4 Å². The maximum Gasteiger partial charge on any atom is 0.222 e. The Morgan fingerprint density at radius 3 is 2.45 bits per heavy atom. The third-order valence-corrected chi connectivity index (χ3v) is 5.68. The molecule has 5 nitrogen and oxygen atoms in total. The van der Waals surface area contributed by atoms with E-state index in [-0.39, 0.29) is 5.91 Å². The molecule has 29 heavy (non-hydrogen) atoms. The molecule has 1 saturated heterocycles. The molecular formula is C22H26Cl2N2O3. The second kappa shape index (κ2) is 10.7. The van der Waals surface area contributed by atoms with Crippen molar-refractivity contribution < 1.29 is 14.3 Å². The van der Waals surface area contributed by atoms with Crippen molar-refractivity contribution in [2.24, 2.45) is 0 Å². The van der Waals surface area contributed by atoms with Crippen molar-refractivity contribution in [1.82, 2.24) is 9.80 Å². The number of para-hydroxylation sites is 1. The predicted molar refractivity (Wildman–Crippen MR) is 116 cm³/mol. The zero-order chi connectivity index (χ0) is 20.6. The quantitative estimate of drug-likeness (QED) is 0.622. The summed E-state index contributed by atoms with van der Waals surface area (Å²) in [6.45, 7) is 4.59. The zero-order valence-corrected chi connectivity index (χ0v) is 18.1. The third-order valence-electron chi connectivity index (χ3n) is 5.07. The Hall–Kier alpha value is -1.95.